The number of nitrogens with one attached hydrogen (secondary N) is 1. The third kappa shape index (κ3) is 6.09. The molecule has 222 valence electrons. The van der Waals surface area contributed by atoms with Gasteiger partial charge in [0.05, 0.1) is 16.7 Å². The molecule has 1 atom stereocenters. The normalized spacial score (nSPS) is 15.1. The van der Waals surface area contributed by atoms with Gasteiger partial charge in [-0.25, -0.2) is 13.1 Å². The second-order valence-electron chi connectivity index (χ2n) is 10.3. The molecule has 1 saturated carbocycles. The summed E-state index contributed by atoms with van der Waals surface area (Å²) < 4.78 is 34.9. The van der Waals surface area contributed by atoms with Crippen LogP contribution in [0.1, 0.15) is 57.8 Å². The van der Waals surface area contributed by atoms with Gasteiger partial charge in [-0.2, -0.15) is 4.31 Å². The van der Waals surface area contributed by atoms with Crippen molar-refractivity contribution in [2.75, 3.05) is 18.0 Å². The van der Waals surface area contributed by atoms with Gasteiger partial charge in [-0.3, -0.25) is 14.5 Å². The van der Waals surface area contributed by atoms with Crippen LogP contribution in [0.4, 0.5) is 5.69 Å². The molecule has 0 radical (unpaired) electrons. The maximum absolute atomic E-state index is 14.2. The van der Waals surface area contributed by atoms with Gasteiger partial charge in [0, 0.05) is 24.8 Å². The predicted octanol–water partition coefficient (Wildman–Crippen LogP) is 4.28. The van der Waals surface area contributed by atoms with Crippen molar-refractivity contribution in [3.05, 3.63) is 72.7 Å². The van der Waals surface area contributed by atoms with Crippen LogP contribution in [-0.2, 0) is 26.2 Å². The van der Waals surface area contributed by atoms with Crippen molar-refractivity contribution >= 4 is 38.6 Å². The molecule has 2 aromatic heterocycles. The molecule has 5 rings (SSSR count). The van der Waals surface area contributed by atoms with Crippen LogP contribution in [0.3, 0.4) is 0 Å². The zero-order chi connectivity index (χ0) is 29.7. The van der Waals surface area contributed by atoms with Crippen molar-refractivity contribution < 1.29 is 22.4 Å². The van der Waals surface area contributed by atoms with E-state index >= 15 is 0 Å². The lowest BCUT2D eigenvalue weighted by Crippen LogP contribution is -2.48. The number of aromatic nitrogens is 3. The topological polar surface area (TPSA) is 131 Å². The summed E-state index contributed by atoms with van der Waals surface area (Å²) in [7, 11) is -3.72. The highest BCUT2D eigenvalue weighted by molar-refractivity contribution is 7.89. The molecule has 2 amide bonds. The molecular weight excluding hydrogens is 556 g/mol. The lowest BCUT2D eigenvalue weighted by molar-refractivity contribution is -0.128. The number of carbonyl (C=O) groups is 2. The number of fused-ring (bicyclic) bond motifs is 1. The van der Waals surface area contributed by atoms with E-state index < -0.39 is 22.0 Å². The summed E-state index contributed by atoms with van der Waals surface area (Å²) in [6.45, 7) is 4.02. The number of anilines is 1. The first-order valence-corrected chi connectivity index (χ1v) is 15.8. The van der Waals surface area contributed by atoms with E-state index in [1.807, 2.05) is 18.2 Å². The first-order valence-electron chi connectivity index (χ1n) is 14.4. The number of nitrogens with zero attached hydrogens (tertiary/aromatic N) is 5. The van der Waals surface area contributed by atoms with Crippen molar-refractivity contribution in [1.29, 1.82) is 0 Å². The molecule has 4 aromatic rings. The molecule has 12 heteroatoms. The quantitative estimate of drug-likeness (QED) is 0.275. The predicted molar refractivity (Wildman–Crippen MR) is 158 cm³/mol. The van der Waals surface area contributed by atoms with E-state index in [-0.39, 0.29) is 23.4 Å². The summed E-state index contributed by atoms with van der Waals surface area (Å²) in [4.78, 5) is 29.6. The lowest BCUT2D eigenvalue weighted by Gasteiger charge is -2.32. The Hall–Kier alpha value is -4.03. The van der Waals surface area contributed by atoms with Crippen molar-refractivity contribution in [2.24, 2.45) is 0 Å². The summed E-state index contributed by atoms with van der Waals surface area (Å²) in [5, 5.41) is 11.5. The average molecular weight is 593 g/mol. The van der Waals surface area contributed by atoms with Crippen LogP contribution in [0.5, 0.6) is 0 Å². The molecule has 2 heterocycles. The fourth-order valence-electron chi connectivity index (χ4n) is 5.51. The smallest absolute Gasteiger partial charge is 0.251 e. The Morgan fingerprint density at radius 3 is 2.38 bits per heavy atom. The van der Waals surface area contributed by atoms with E-state index in [2.05, 4.69) is 15.6 Å². The lowest BCUT2D eigenvalue weighted by atomic mass is 9.95. The molecule has 1 aliphatic rings. The molecule has 0 aliphatic heterocycles. The number of hydrogen-bond donors (Lipinski definition) is 1. The third-order valence-electron chi connectivity index (χ3n) is 7.70. The van der Waals surface area contributed by atoms with Gasteiger partial charge in [-0.05, 0) is 61.4 Å². The second kappa shape index (κ2) is 12.9. The van der Waals surface area contributed by atoms with Gasteiger partial charge in [0.1, 0.15) is 17.8 Å². The fourth-order valence-corrected chi connectivity index (χ4v) is 6.97. The van der Waals surface area contributed by atoms with Crippen molar-refractivity contribution in [3.8, 4) is 0 Å². The van der Waals surface area contributed by atoms with Crippen LogP contribution in [0.15, 0.2) is 76.2 Å². The Morgan fingerprint density at radius 2 is 1.71 bits per heavy atom. The minimum absolute atomic E-state index is 0.00140. The van der Waals surface area contributed by atoms with Crippen LogP contribution in [-0.4, -0.2) is 58.7 Å². The first kappa shape index (κ1) is 29.5. The third-order valence-corrected chi connectivity index (χ3v) is 9.77. The zero-order valence-electron chi connectivity index (χ0n) is 23.8. The van der Waals surface area contributed by atoms with E-state index in [9.17, 15) is 18.0 Å². The van der Waals surface area contributed by atoms with Gasteiger partial charge in [-0.15, -0.1) is 5.10 Å². The number of rotatable bonds is 11. The minimum Gasteiger partial charge on any atom is -0.467 e. The van der Waals surface area contributed by atoms with Crippen molar-refractivity contribution in [1.82, 2.24) is 24.6 Å². The summed E-state index contributed by atoms with van der Waals surface area (Å²) in [6, 6.07) is 15.5. The Labute approximate surface area is 245 Å². The molecule has 0 unspecified atom stereocenters. The monoisotopic (exact) mass is 592 g/mol. The Morgan fingerprint density at radius 1 is 1.00 bits per heavy atom. The van der Waals surface area contributed by atoms with Crippen molar-refractivity contribution in [3.63, 3.8) is 0 Å². The molecule has 1 aliphatic carbocycles. The van der Waals surface area contributed by atoms with E-state index in [1.165, 1.54) is 32.3 Å². The molecular formula is C30H36N6O5S. The van der Waals surface area contributed by atoms with Gasteiger partial charge in [0.25, 0.3) is 5.91 Å². The van der Waals surface area contributed by atoms with Crippen LogP contribution in [0.2, 0.25) is 0 Å². The minimum atomic E-state index is -3.72. The van der Waals surface area contributed by atoms with E-state index in [0.29, 0.717) is 35.6 Å². The van der Waals surface area contributed by atoms with Crippen LogP contribution < -0.4 is 10.2 Å². The number of sulfonamides is 1. The molecule has 2 aromatic carbocycles. The largest absolute Gasteiger partial charge is 0.467 e. The fraction of sp³-hybridized carbons (Fsp3) is 0.400. The highest BCUT2D eigenvalue weighted by Gasteiger charge is 2.36. The SMILES string of the molecule is CCN(CC)S(=O)(=O)c1ccc(N(C(=O)Cn2nnc3ccccc32)[C@@H](C(=O)NC2CCCCC2)c2ccco2)cc1. The Kier molecular flexibility index (Phi) is 9.03. The molecule has 0 bridgehead atoms. The van der Waals surface area contributed by atoms with Gasteiger partial charge >= 0.3 is 0 Å². The number of para-hydroxylation sites is 1. The standard InChI is InChI=1S/C30H36N6O5S/c1-3-34(4-2)42(39,40)24-18-16-23(17-19-24)36(28(37)21-35-26-14-9-8-13-25(26)32-33-35)29(27-15-10-20-41-27)30(38)31-22-11-6-5-7-12-22/h8-10,13-20,22,29H,3-7,11-12,21H2,1-2H3,(H,31,38)/t29-/m1/s1. The number of hydrogen-bond acceptors (Lipinski definition) is 7. The number of amides is 2. The second-order valence-corrected chi connectivity index (χ2v) is 12.3. The van der Waals surface area contributed by atoms with E-state index in [4.69, 9.17) is 4.42 Å². The molecule has 42 heavy (non-hydrogen) atoms. The maximum atomic E-state index is 14.2. The highest BCUT2D eigenvalue weighted by atomic mass is 32.2. The molecule has 11 nitrogen and oxygen atoms in total. The van der Waals surface area contributed by atoms with E-state index in [0.717, 1.165) is 32.1 Å². The maximum Gasteiger partial charge on any atom is 0.251 e. The Balaban J connectivity index is 1.55. The highest BCUT2D eigenvalue weighted by Crippen LogP contribution is 2.31. The average Bonchev–Trinajstić information content (AvgIpc) is 3.67. The summed E-state index contributed by atoms with van der Waals surface area (Å²) in [5.74, 6) is -0.515. The number of carbonyl (C=O) groups excluding carboxylic acids is 2. The Bertz CT molecular complexity index is 1610. The van der Waals surface area contributed by atoms with Gasteiger partial charge in [-0.1, -0.05) is 50.5 Å². The first-order chi connectivity index (χ1) is 20.3. The van der Waals surface area contributed by atoms with Crippen LogP contribution in [0, 0.1) is 0 Å². The number of furan rings is 1. The van der Waals surface area contributed by atoms with Gasteiger partial charge in [0.2, 0.25) is 15.9 Å². The van der Waals surface area contributed by atoms with Crippen LogP contribution >= 0.6 is 0 Å². The van der Waals surface area contributed by atoms with Crippen LogP contribution in [0.25, 0.3) is 11.0 Å². The van der Waals surface area contributed by atoms with E-state index in [1.54, 1.807) is 44.2 Å². The molecule has 0 spiro atoms. The van der Waals surface area contributed by atoms with Gasteiger partial charge < -0.3 is 9.73 Å². The molecule has 1 fully saturated rings. The molecule has 1 N–H and O–H groups in total. The summed E-state index contributed by atoms with van der Waals surface area (Å²) >= 11 is 0. The molecule has 0 saturated heterocycles. The summed E-state index contributed by atoms with van der Waals surface area (Å²) in [5.41, 5.74) is 1.66. The number of benzene rings is 2. The summed E-state index contributed by atoms with van der Waals surface area (Å²) in [6.07, 6.45) is 6.39. The van der Waals surface area contributed by atoms with Crippen molar-refractivity contribution in [2.45, 2.75) is 69.5 Å². The zero-order valence-corrected chi connectivity index (χ0v) is 24.7. The van der Waals surface area contributed by atoms with Gasteiger partial charge in [0.15, 0.2) is 6.04 Å².